The van der Waals surface area contributed by atoms with Gasteiger partial charge in [0.15, 0.2) is 0 Å². The highest BCUT2D eigenvalue weighted by molar-refractivity contribution is 5.54. The number of likely N-dealkylation sites (N-methyl/N-ethyl adjacent to an activating group) is 1. The lowest BCUT2D eigenvalue weighted by Gasteiger charge is -2.26. The van der Waals surface area contributed by atoms with Crippen LogP contribution in [0.3, 0.4) is 0 Å². The summed E-state index contributed by atoms with van der Waals surface area (Å²) in [6.07, 6.45) is 0.233. The fraction of sp³-hybridized carbons (Fsp3) is 0.625. The van der Waals surface area contributed by atoms with Crippen LogP contribution in [0, 0.1) is 5.82 Å². The first kappa shape index (κ1) is 16.9. The van der Waals surface area contributed by atoms with E-state index < -0.39 is 0 Å². The van der Waals surface area contributed by atoms with Crippen molar-refractivity contribution in [2.45, 2.75) is 39.8 Å². The van der Waals surface area contributed by atoms with Crippen LogP contribution in [-0.4, -0.2) is 32.8 Å². The fourth-order valence-electron chi connectivity index (χ4n) is 2.18. The number of rotatable bonds is 8. The van der Waals surface area contributed by atoms with Gasteiger partial charge in [-0.1, -0.05) is 6.92 Å². The maximum absolute atomic E-state index is 13.5. The van der Waals surface area contributed by atoms with Crippen LogP contribution in [0.5, 0.6) is 0 Å². The van der Waals surface area contributed by atoms with Crippen molar-refractivity contribution in [3.8, 4) is 0 Å². The van der Waals surface area contributed by atoms with Crippen LogP contribution in [0.2, 0.25) is 0 Å². The Morgan fingerprint density at radius 3 is 2.60 bits per heavy atom. The maximum Gasteiger partial charge on any atom is 0.123 e. The molecular formula is C16H27FN2O. The molecule has 0 aliphatic rings. The van der Waals surface area contributed by atoms with Gasteiger partial charge in [0.1, 0.15) is 5.82 Å². The Balaban J connectivity index is 2.81. The third-order valence-corrected chi connectivity index (χ3v) is 3.26. The minimum atomic E-state index is -0.194. The molecule has 20 heavy (non-hydrogen) atoms. The number of hydrogen-bond donors (Lipinski definition) is 1. The standard InChI is InChI=1S/C16H27FN2O/c1-6-18-13(4)15-11-14(17)7-8-16(15)19(5)9-10-20-12(2)3/h7-8,11-13,18H,6,9-10H2,1-5H3. The highest BCUT2D eigenvalue weighted by Gasteiger charge is 2.14. The van der Waals surface area contributed by atoms with Crippen LogP contribution in [0.25, 0.3) is 0 Å². The molecule has 3 nitrogen and oxygen atoms in total. The van der Waals surface area contributed by atoms with Crippen molar-refractivity contribution in [1.29, 1.82) is 0 Å². The Hall–Kier alpha value is -1.13. The summed E-state index contributed by atoms with van der Waals surface area (Å²) in [5.41, 5.74) is 2.03. The fourth-order valence-corrected chi connectivity index (χ4v) is 2.18. The number of nitrogens with zero attached hydrogens (tertiary/aromatic N) is 1. The van der Waals surface area contributed by atoms with Gasteiger partial charge in [-0.05, 0) is 51.1 Å². The minimum Gasteiger partial charge on any atom is -0.377 e. The first-order chi connectivity index (χ1) is 9.45. The average Bonchev–Trinajstić information content (AvgIpc) is 2.38. The second kappa shape index (κ2) is 8.22. The molecule has 0 bridgehead atoms. The maximum atomic E-state index is 13.5. The molecule has 1 aromatic carbocycles. The Bertz CT molecular complexity index is 409. The van der Waals surface area contributed by atoms with E-state index >= 15 is 0 Å². The number of ether oxygens (including phenoxy) is 1. The van der Waals surface area contributed by atoms with Gasteiger partial charge in [-0.25, -0.2) is 4.39 Å². The molecular weight excluding hydrogens is 255 g/mol. The van der Waals surface area contributed by atoms with Gasteiger partial charge in [-0.2, -0.15) is 0 Å². The molecule has 0 radical (unpaired) electrons. The molecule has 0 aliphatic heterocycles. The summed E-state index contributed by atoms with van der Waals surface area (Å²) >= 11 is 0. The molecule has 0 aliphatic carbocycles. The molecule has 0 aromatic heterocycles. The van der Waals surface area contributed by atoms with E-state index in [1.165, 1.54) is 6.07 Å². The van der Waals surface area contributed by atoms with Crippen LogP contribution in [0.15, 0.2) is 18.2 Å². The van der Waals surface area contributed by atoms with Crippen LogP contribution in [0.1, 0.15) is 39.3 Å². The predicted octanol–water partition coefficient (Wildman–Crippen LogP) is 3.36. The summed E-state index contributed by atoms with van der Waals surface area (Å²) in [4.78, 5) is 2.12. The van der Waals surface area contributed by atoms with E-state index in [4.69, 9.17) is 4.74 Å². The predicted molar refractivity (Wildman–Crippen MR) is 82.8 cm³/mol. The first-order valence-electron chi connectivity index (χ1n) is 7.31. The average molecular weight is 282 g/mol. The number of hydrogen-bond acceptors (Lipinski definition) is 3. The summed E-state index contributed by atoms with van der Waals surface area (Å²) in [5.74, 6) is -0.194. The summed E-state index contributed by atoms with van der Waals surface area (Å²) in [6.45, 7) is 10.5. The molecule has 1 aromatic rings. The van der Waals surface area contributed by atoms with Gasteiger partial charge in [0, 0.05) is 25.3 Å². The summed E-state index contributed by atoms with van der Waals surface area (Å²) in [6, 6.07) is 5.09. The van der Waals surface area contributed by atoms with Crippen molar-refractivity contribution in [1.82, 2.24) is 5.32 Å². The van der Waals surface area contributed by atoms with Crippen molar-refractivity contribution in [3.05, 3.63) is 29.6 Å². The molecule has 0 amide bonds. The van der Waals surface area contributed by atoms with Gasteiger partial charge < -0.3 is 15.0 Å². The minimum absolute atomic E-state index is 0.124. The highest BCUT2D eigenvalue weighted by Crippen LogP contribution is 2.26. The van der Waals surface area contributed by atoms with E-state index in [1.54, 1.807) is 6.07 Å². The number of anilines is 1. The van der Waals surface area contributed by atoms with Crippen LogP contribution in [-0.2, 0) is 4.74 Å². The third kappa shape index (κ3) is 5.10. The SMILES string of the molecule is CCNC(C)c1cc(F)ccc1N(C)CCOC(C)C. The van der Waals surface area contributed by atoms with E-state index in [0.29, 0.717) is 6.61 Å². The molecule has 1 atom stereocenters. The van der Waals surface area contributed by atoms with Gasteiger partial charge in [0.2, 0.25) is 0 Å². The molecule has 1 unspecified atom stereocenters. The lowest BCUT2D eigenvalue weighted by molar-refractivity contribution is 0.0846. The van der Waals surface area contributed by atoms with Gasteiger partial charge in [0.25, 0.3) is 0 Å². The summed E-state index contributed by atoms with van der Waals surface area (Å²) < 4.78 is 19.1. The van der Waals surface area contributed by atoms with Gasteiger partial charge in [-0.15, -0.1) is 0 Å². The summed E-state index contributed by atoms with van der Waals surface area (Å²) in [7, 11) is 2.01. The zero-order valence-electron chi connectivity index (χ0n) is 13.2. The Labute approximate surface area is 122 Å². The van der Waals surface area contributed by atoms with Crippen molar-refractivity contribution in [2.75, 3.05) is 31.6 Å². The molecule has 1 rings (SSSR count). The van der Waals surface area contributed by atoms with Crippen molar-refractivity contribution < 1.29 is 9.13 Å². The zero-order chi connectivity index (χ0) is 15.1. The lowest BCUT2D eigenvalue weighted by atomic mass is 10.0. The van der Waals surface area contributed by atoms with E-state index in [0.717, 1.165) is 24.3 Å². The van der Waals surface area contributed by atoms with Crippen molar-refractivity contribution in [2.24, 2.45) is 0 Å². The van der Waals surface area contributed by atoms with Crippen LogP contribution in [0.4, 0.5) is 10.1 Å². The topological polar surface area (TPSA) is 24.5 Å². The van der Waals surface area contributed by atoms with E-state index in [1.807, 2.05) is 27.0 Å². The number of benzene rings is 1. The molecule has 114 valence electrons. The largest absolute Gasteiger partial charge is 0.377 e. The Morgan fingerprint density at radius 2 is 2.00 bits per heavy atom. The molecule has 0 saturated carbocycles. The molecule has 0 fully saturated rings. The second-order valence-corrected chi connectivity index (χ2v) is 5.32. The zero-order valence-corrected chi connectivity index (χ0v) is 13.2. The summed E-state index contributed by atoms with van der Waals surface area (Å²) in [5, 5.41) is 3.33. The lowest BCUT2D eigenvalue weighted by Crippen LogP contribution is -2.27. The molecule has 0 spiro atoms. The molecule has 0 heterocycles. The van der Waals surface area contributed by atoms with E-state index in [-0.39, 0.29) is 18.0 Å². The van der Waals surface area contributed by atoms with E-state index in [9.17, 15) is 4.39 Å². The van der Waals surface area contributed by atoms with Gasteiger partial charge >= 0.3 is 0 Å². The van der Waals surface area contributed by atoms with Gasteiger partial charge in [-0.3, -0.25) is 0 Å². The van der Waals surface area contributed by atoms with Gasteiger partial charge in [0.05, 0.1) is 12.7 Å². The Kier molecular flexibility index (Phi) is 6.96. The first-order valence-corrected chi connectivity index (χ1v) is 7.31. The number of halogens is 1. The van der Waals surface area contributed by atoms with E-state index in [2.05, 4.69) is 24.1 Å². The highest BCUT2D eigenvalue weighted by atomic mass is 19.1. The molecule has 1 N–H and O–H groups in total. The van der Waals surface area contributed by atoms with Crippen LogP contribution < -0.4 is 10.2 Å². The van der Waals surface area contributed by atoms with Crippen molar-refractivity contribution >= 4 is 5.69 Å². The third-order valence-electron chi connectivity index (χ3n) is 3.26. The molecule has 4 heteroatoms. The van der Waals surface area contributed by atoms with Crippen molar-refractivity contribution in [3.63, 3.8) is 0 Å². The normalized spacial score (nSPS) is 12.8. The Morgan fingerprint density at radius 1 is 1.30 bits per heavy atom. The quantitative estimate of drug-likeness (QED) is 0.791. The second-order valence-electron chi connectivity index (χ2n) is 5.32. The smallest absolute Gasteiger partial charge is 0.123 e. The molecule has 0 saturated heterocycles. The number of nitrogens with one attached hydrogen (secondary N) is 1. The van der Waals surface area contributed by atoms with Crippen LogP contribution >= 0.6 is 0 Å². The monoisotopic (exact) mass is 282 g/mol.